The van der Waals surface area contributed by atoms with Gasteiger partial charge in [0, 0.05) is 5.69 Å². The van der Waals surface area contributed by atoms with Gasteiger partial charge in [0.2, 0.25) is 11.2 Å². The molecular formula is C12H12ClFN4O. The van der Waals surface area contributed by atoms with Crippen LogP contribution in [0.3, 0.4) is 0 Å². The van der Waals surface area contributed by atoms with Crippen molar-refractivity contribution >= 4 is 23.2 Å². The van der Waals surface area contributed by atoms with Crippen LogP contribution in [-0.4, -0.2) is 21.1 Å². The van der Waals surface area contributed by atoms with E-state index in [2.05, 4.69) is 20.3 Å². The highest BCUT2D eigenvalue weighted by molar-refractivity contribution is 6.28. The maximum absolute atomic E-state index is 12.8. The Morgan fingerprint density at radius 1 is 1.16 bits per heavy atom. The fraction of sp³-hybridized carbons (Fsp3) is 0.250. The number of aromatic nitrogens is 3. The number of nitrogens with one attached hydrogen (secondary N) is 1. The first-order chi connectivity index (χ1) is 9.02. The predicted octanol–water partition coefficient (Wildman–Crippen LogP) is 3.19. The van der Waals surface area contributed by atoms with Crippen molar-refractivity contribution in [1.29, 1.82) is 0 Å². The SMILES string of the molecule is CC(C)Oc1nc(Cl)nc(Nc2ccc(F)cc2)n1. The van der Waals surface area contributed by atoms with Crippen LogP contribution in [0.1, 0.15) is 13.8 Å². The Bertz CT molecular complexity index is 562. The third-order valence-corrected chi connectivity index (χ3v) is 2.20. The minimum atomic E-state index is -0.317. The normalized spacial score (nSPS) is 10.6. The third kappa shape index (κ3) is 4.03. The Balaban J connectivity index is 2.19. The lowest BCUT2D eigenvalue weighted by Gasteiger charge is -2.09. The van der Waals surface area contributed by atoms with Gasteiger partial charge in [0.15, 0.2) is 0 Å². The largest absolute Gasteiger partial charge is 0.461 e. The van der Waals surface area contributed by atoms with Crippen LogP contribution in [0.2, 0.25) is 5.28 Å². The summed E-state index contributed by atoms with van der Waals surface area (Å²) in [6, 6.07) is 5.93. The van der Waals surface area contributed by atoms with Crippen molar-refractivity contribution in [2.24, 2.45) is 0 Å². The molecule has 0 amide bonds. The summed E-state index contributed by atoms with van der Waals surface area (Å²) in [5, 5.41) is 2.92. The van der Waals surface area contributed by atoms with Crippen molar-refractivity contribution in [1.82, 2.24) is 15.0 Å². The van der Waals surface area contributed by atoms with E-state index in [4.69, 9.17) is 16.3 Å². The van der Waals surface area contributed by atoms with E-state index >= 15 is 0 Å². The van der Waals surface area contributed by atoms with E-state index < -0.39 is 0 Å². The summed E-state index contributed by atoms with van der Waals surface area (Å²) in [7, 11) is 0. The van der Waals surface area contributed by atoms with Crippen LogP contribution >= 0.6 is 11.6 Å². The first-order valence-electron chi connectivity index (χ1n) is 5.64. The van der Waals surface area contributed by atoms with E-state index in [1.807, 2.05) is 13.8 Å². The Kier molecular flexibility index (Phi) is 4.11. The molecular weight excluding hydrogens is 271 g/mol. The van der Waals surface area contributed by atoms with Crippen molar-refractivity contribution in [2.75, 3.05) is 5.32 Å². The highest BCUT2D eigenvalue weighted by Gasteiger charge is 2.08. The maximum Gasteiger partial charge on any atom is 0.322 e. The van der Waals surface area contributed by atoms with E-state index in [9.17, 15) is 4.39 Å². The average Bonchev–Trinajstić information content (AvgIpc) is 2.30. The first kappa shape index (κ1) is 13.5. The number of anilines is 2. The zero-order valence-corrected chi connectivity index (χ0v) is 11.1. The molecule has 7 heteroatoms. The van der Waals surface area contributed by atoms with Gasteiger partial charge in [-0.2, -0.15) is 15.0 Å². The molecule has 0 aliphatic rings. The van der Waals surface area contributed by atoms with Gasteiger partial charge in [0.1, 0.15) is 5.82 Å². The quantitative estimate of drug-likeness (QED) is 0.933. The fourth-order valence-electron chi connectivity index (χ4n) is 1.31. The van der Waals surface area contributed by atoms with Crippen molar-refractivity contribution in [3.63, 3.8) is 0 Å². The number of rotatable bonds is 4. The van der Waals surface area contributed by atoms with Gasteiger partial charge in [-0.3, -0.25) is 0 Å². The van der Waals surface area contributed by atoms with Gasteiger partial charge in [-0.05, 0) is 49.7 Å². The lowest BCUT2D eigenvalue weighted by molar-refractivity contribution is 0.222. The third-order valence-electron chi connectivity index (χ3n) is 2.03. The first-order valence-corrected chi connectivity index (χ1v) is 6.01. The van der Waals surface area contributed by atoms with Crippen LogP contribution in [0.15, 0.2) is 24.3 Å². The zero-order valence-electron chi connectivity index (χ0n) is 10.4. The molecule has 0 unspecified atom stereocenters. The summed E-state index contributed by atoms with van der Waals surface area (Å²) in [5.74, 6) is -0.0784. The minimum absolute atomic E-state index is 0.0234. The molecule has 0 aliphatic heterocycles. The van der Waals surface area contributed by atoms with Crippen LogP contribution in [-0.2, 0) is 0 Å². The van der Waals surface area contributed by atoms with E-state index in [-0.39, 0.29) is 29.2 Å². The second-order valence-corrected chi connectivity index (χ2v) is 4.35. The molecule has 0 aliphatic carbocycles. The van der Waals surface area contributed by atoms with Crippen molar-refractivity contribution in [3.05, 3.63) is 35.4 Å². The topological polar surface area (TPSA) is 59.9 Å². The molecule has 1 heterocycles. The van der Waals surface area contributed by atoms with Crippen LogP contribution in [0.4, 0.5) is 16.0 Å². The van der Waals surface area contributed by atoms with Gasteiger partial charge < -0.3 is 10.1 Å². The number of benzene rings is 1. The van der Waals surface area contributed by atoms with Gasteiger partial charge in [-0.15, -0.1) is 0 Å². The molecule has 0 saturated carbocycles. The van der Waals surface area contributed by atoms with Gasteiger partial charge in [-0.1, -0.05) is 0 Å². The zero-order chi connectivity index (χ0) is 13.8. The Morgan fingerprint density at radius 3 is 2.47 bits per heavy atom. The lowest BCUT2D eigenvalue weighted by atomic mass is 10.3. The summed E-state index contributed by atoms with van der Waals surface area (Å²) in [6.07, 6.45) is -0.0721. The molecule has 1 aromatic heterocycles. The van der Waals surface area contributed by atoms with Crippen molar-refractivity contribution in [3.8, 4) is 6.01 Å². The summed E-state index contributed by atoms with van der Waals surface area (Å²) in [6.45, 7) is 3.70. The summed E-state index contributed by atoms with van der Waals surface area (Å²) in [5.41, 5.74) is 0.638. The van der Waals surface area contributed by atoms with E-state index in [1.165, 1.54) is 12.1 Å². The Labute approximate surface area is 114 Å². The molecule has 1 N–H and O–H groups in total. The molecule has 5 nitrogen and oxygen atoms in total. The molecule has 0 bridgehead atoms. The van der Waals surface area contributed by atoms with Gasteiger partial charge in [0.25, 0.3) is 0 Å². The van der Waals surface area contributed by atoms with Crippen LogP contribution in [0, 0.1) is 5.82 Å². The standard InChI is InChI=1S/C12H12ClFN4O/c1-7(2)19-12-17-10(13)16-11(18-12)15-9-5-3-8(14)4-6-9/h3-7H,1-2H3,(H,15,16,17,18). The number of nitrogens with zero attached hydrogens (tertiary/aromatic N) is 3. The number of ether oxygens (including phenoxy) is 1. The summed E-state index contributed by atoms with van der Waals surface area (Å²) >= 11 is 5.78. The molecule has 1 aromatic carbocycles. The van der Waals surface area contributed by atoms with Crippen molar-refractivity contribution in [2.45, 2.75) is 20.0 Å². The highest BCUT2D eigenvalue weighted by Crippen LogP contribution is 2.17. The second-order valence-electron chi connectivity index (χ2n) is 4.01. The van der Waals surface area contributed by atoms with E-state index in [0.29, 0.717) is 5.69 Å². The molecule has 100 valence electrons. The second kappa shape index (κ2) is 5.79. The van der Waals surface area contributed by atoms with Crippen molar-refractivity contribution < 1.29 is 9.13 Å². The van der Waals surface area contributed by atoms with Gasteiger partial charge >= 0.3 is 6.01 Å². The molecule has 19 heavy (non-hydrogen) atoms. The van der Waals surface area contributed by atoms with Crippen LogP contribution in [0.25, 0.3) is 0 Å². The monoisotopic (exact) mass is 282 g/mol. The van der Waals surface area contributed by atoms with Crippen LogP contribution < -0.4 is 10.1 Å². The summed E-state index contributed by atoms with van der Waals surface area (Å²) in [4.78, 5) is 11.8. The Hall–Kier alpha value is -1.95. The van der Waals surface area contributed by atoms with E-state index in [0.717, 1.165) is 0 Å². The minimum Gasteiger partial charge on any atom is -0.461 e. The molecule has 0 radical (unpaired) electrons. The molecule has 0 spiro atoms. The number of hydrogen-bond donors (Lipinski definition) is 1. The Morgan fingerprint density at radius 2 is 1.84 bits per heavy atom. The number of halogens is 2. The molecule has 2 rings (SSSR count). The maximum atomic E-state index is 12.8. The van der Waals surface area contributed by atoms with Gasteiger partial charge in [0.05, 0.1) is 6.10 Å². The lowest BCUT2D eigenvalue weighted by Crippen LogP contribution is -2.10. The molecule has 0 atom stereocenters. The van der Waals surface area contributed by atoms with Gasteiger partial charge in [-0.25, -0.2) is 4.39 Å². The highest BCUT2D eigenvalue weighted by atomic mass is 35.5. The average molecular weight is 283 g/mol. The molecule has 0 saturated heterocycles. The molecule has 2 aromatic rings. The number of hydrogen-bond acceptors (Lipinski definition) is 5. The smallest absolute Gasteiger partial charge is 0.322 e. The van der Waals surface area contributed by atoms with Crippen LogP contribution in [0.5, 0.6) is 6.01 Å². The predicted molar refractivity (Wildman–Crippen MR) is 70.3 cm³/mol. The summed E-state index contributed by atoms with van der Waals surface area (Å²) < 4.78 is 18.1. The molecule has 0 fully saturated rings. The van der Waals surface area contributed by atoms with E-state index in [1.54, 1.807) is 12.1 Å². The fourth-order valence-corrected chi connectivity index (χ4v) is 1.47.